The van der Waals surface area contributed by atoms with Crippen molar-refractivity contribution in [3.8, 4) is 0 Å². The summed E-state index contributed by atoms with van der Waals surface area (Å²) in [5, 5.41) is 3.25. The first-order valence-corrected chi connectivity index (χ1v) is 6.54. The second-order valence-electron chi connectivity index (χ2n) is 4.34. The van der Waals surface area contributed by atoms with E-state index >= 15 is 0 Å². The van der Waals surface area contributed by atoms with E-state index in [1.807, 2.05) is 18.3 Å². The Balaban J connectivity index is 1.97. The molecular formula is C15H20N2O. The largest absolute Gasteiger partial charge is 0.464 e. The normalized spacial score (nSPS) is 10.8. The molecule has 0 saturated carbocycles. The lowest BCUT2D eigenvalue weighted by atomic mass is 10.2. The summed E-state index contributed by atoms with van der Waals surface area (Å²) in [5.41, 5.74) is 2.32. The highest BCUT2D eigenvalue weighted by molar-refractivity contribution is 5.19. The van der Waals surface area contributed by atoms with E-state index in [-0.39, 0.29) is 0 Å². The minimum absolute atomic E-state index is 0.760. The van der Waals surface area contributed by atoms with Gasteiger partial charge in [0.15, 0.2) is 0 Å². The molecule has 0 spiro atoms. The minimum atomic E-state index is 0.760. The van der Waals surface area contributed by atoms with Crippen molar-refractivity contribution in [1.29, 1.82) is 0 Å². The topological polar surface area (TPSA) is 38.1 Å². The van der Waals surface area contributed by atoms with Gasteiger partial charge in [0.05, 0.1) is 6.54 Å². The number of hydrogen-bond acceptors (Lipinski definition) is 3. The third-order valence-electron chi connectivity index (χ3n) is 2.92. The Bertz CT molecular complexity index is 473. The first-order chi connectivity index (χ1) is 8.81. The summed E-state index contributed by atoms with van der Waals surface area (Å²) in [7, 11) is 0. The van der Waals surface area contributed by atoms with E-state index in [0.717, 1.165) is 43.1 Å². The summed E-state index contributed by atoms with van der Waals surface area (Å²) in [6.07, 6.45) is 3.73. The zero-order valence-electron chi connectivity index (χ0n) is 11.1. The average Bonchev–Trinajstić information content (AvgIpc) is 2.85. The van der Waals surface area contributed by atoms with Gasteiger partial charge >= 0.3 is 0 Å². The molecule has 0 atom stereocenters. The predicted molar refractivity (Wildman–Crippen MR) is 72.5 cm³/mol. The van der Waals surface area contributed by atoms with E-state index in [0.29, 0.717) is 0 Å². The van der Waals surface area contributed by atoms with Gasteiger partial charge in [-0.25, -0.2) is 0 Å². The van der Waals surface area contributed by atoms with E-state index < -0.39 is 0 Å². The van der Waals surface area contributed by atoms with Crippen LogP contribution in [-0.4, -0.2) is 11.5 Å². The Hall–Kier alpha value is -1.61. The molecule has 0 saturated heterocycles. The van der Waals surface area contributed by atoms with Crippen molar-refractivity contribution >= 4 is 0 Å². The van der Waals surface area contributed by atoms with Crippen LogP contribution in [0.2, 0.25) is 0 Å². The van der Waals surface area contributed by atoms with Crippen LogP contribution in [0.1, 0.15) is 36.6 Å². The molecule has 0 amide bonds. The second-order valence-corrected chi connectivity index (χ2v) is 4.34. The van der Waals surface area contributed by atoms with Gasteiger partial charge in [0.2, 0.25) is 0 Å². The number of pyridine rings is 1. The van der Waals surface area contributed by atoms with Crippen LogP contribution in [0.25, 0.3) is 0 Å². The van der Waals surface area contributed by atoms with Crippen LogP contribution in [0.3, 0.4) is 0 Å². The summed E-state index contributed by atoms with van der Waals surface area (Å²) >= 11 is 0. The van der Waals surface area contributed by atoms with Gasteiger partial charge < -0.3 is 9.73 Å². The summed E-state index contributed by atoms with van der Waals surface area (Å²) in [6.45, 7) is 5.97. The second kappa shape index (κ2) is 6.36. The number of aromatic nitrogens is 1. The summed E-state index contributed by atoms with van der Waals surface area (Å²) in [6, 6.07) is 8.26. The molecule has 2 heterocycles. The van der Waals surface area contributed by atoms with Crippen LogP contribution in [0.5, 0.6) is 0 Å². The molecule has 96 valence electrons. The molecule has 0 aliphatic carbocycles. The number of furan rings is 1. The molecule has 1 N–H and O–H groups in total. The molecule has 2 rings (SSSR count). The lowest BCUT2D eigenvalue weighted by molar-refractivity contribution is 0.455. The zero-order valence-corrected chi connectivity index (χ0v) is 11.1. The highest BCUT2D eigenvalue weighted by Crippen LogP contribution is 2.12. The molecule has 2 aromatic heterocycles. The number of rotatable bonds is 6. The van der Waals surface area contributed by atoms with Crippen molar-refractivity contribution in [3.63, 3.8) is 0 Å². The van der Waals surface area contributed by atoms with E-state index in [1.54, 1.807) is 0 Å². The number of hydrogen-bond donors (Lipinski definition) is 1. The van der Waals surface area contributed by atoms with Gasteiger partial charge in [-0.15, -0.1) is 0 Å². The third-order valence-corrected chi connectivity index (χ3v) is 2.92. The Morgan fingerprint density at radius 1 is 1.11 bits per heavy atom. The van der Waals surface area contributed by atoms with E-state index in [1.165, 1.54) is 5.56 Å². The maximum Gasteiger partial charge on any atom is 0.117 e. The smallest absolute Gasteiger partial charge is 0.117 e. The summed E-state index contributed by atoms with van der Waals surface area (Å²) in [5.74, 6) is 1.96. The van der Waals surface area contributed by atoms with Gasteiger partial charge in [-0.1, -0.05) is 19.9 Å². The van der Waals surface area contributed by atoms with Gasteiger partial charge in [0, 0.05) is 18.3 Å². The van der Waals surface area contributed by atoms with Crippen molar-refractivity contribution in [2.24, 2.45) is 0 Å². The maximum absolute atomic E-state index is 5.74. The van der Waals surface area contributed by atoms with Crippen molar-refractivity contribution in [3.05, 3.63) is 53.2 Å². The van der Waals surface area contributed by atoms with Crippen LogP contribution in [-0.2, 0) is 19.4 Å². The minimum Gasteiger partial charge on any atom is -0.464 e. The van der Waals surface area contributed by atoms with E-state index in [4.69, 9.17) is 4.42 Å². The predicted octanol–water partition coefficient (Wildman–Crippen LogP) is 2.94. The number of aryl methyl sites for hydroxylation is 1. The molecule has 0 unspecified atom stereocenters. The molecule has 3 nitrogen and oxygen atoms in total. The third kappa shape index (κ3) is 3.44. The van der Waals surface area contributed by atoms with Crippen LogP contribution >= 0.6 is 0 Å². The van der Waals surface area contributed by atoms with E-state index in [2.05, 4.69) is 36.3 Å². The Morgan fingerprint density at radius 3 is 2.61 bits per heavy atom. The van der Waals surface area contributed by atoms with Gasteiger partial charge in [-0.2, -0.15) is 0 Å². The molecule has 0 fully saturated rings. The van der Waals surface area contributed by atoms with Gasteiger partial charge in [-0.05, 0) is 36.7 Å². The molecule has 0 aliphatic heterocycles. The molecule has 2 aromatic rings. The lowest BCUT2D eigenvalue weighted by Crippen LogP contribution is -2.10. The molecule has 0 aliphatic rings. The van der Waals surface area contributed by atoms with Crippen molar-refractivity contribution < 1.29 is 4.42 Å². The number of nitrogens with one attached hydrogen (secondary N) is 1. The lowest BCUT2D eigenvalue weighted by Gasteiger charge is -2.00. The standard InChI is InChI=1S/C15H20N2O/c1-3-12-5-6-13(17-10-12)9-14-7-8-15(18-14)11-16-4-2/h5-8,10,16H,3-4,9,11H2,1-2H3. The van der Waals surface area contributed by atoms with Crippen LogP contribution < -0.4 is 5.32 Å². The molecular weight excluding hydrogens is 224 g/mol. The molecule has 0 aromatic carbocycles. The quantitative estimate of drug-likeness (QED) is 0.849. The molecule has 0 bridgehead atoms. The summed E-state index contributed by atoms with van der Waals surface area (Å²) < 4.78 is 5.74. The SMILES string of the molecule is CCNCc1ccc(Cc2ccc(CC)cn2)o1. The number of nitrogens with zero attached hydrogens (tertiary/aromatic N) is 1. The molecule has 0 radical (unpaired) electrons. The Labute approximate surface area is 108 Å². The molecule has 3 heteroatoms. The van der Waals surface area contributed by atoms with Crippen molar-refractivity contribution in [1.82, 2.24) is 10.3 Å². The highest BCUT2D eigenvalue weighted by Gasteiger charge is 2.04. The summed E-state index contributed by atoms with van der Waals surface area (Å²) in [4.78, 5) is 4.44. The first-order valence-electron chi connectivity index (χ1n) is 6.54. The monoisotopic (exact) mass is 244 g/mol. The van der Waals surface area contributed by atoms with Crippen molar-refractivity contribution in [2.45, 2.75) is 33.2 Å². The van der Waals surface area contributed by atoms with Gasteiger partial charge in [0.25, 0.3) is 0 Å². The van der Waals surface area contributed by atoms with Gasteiger partial charge in [0.1, 0.15) is 11.5 Å². The Kier molecular flexibility index (Phi) is 4.53. The zero-order chi connectivity index (χ0) is 12.8. The molecule has 18 heavy (non-hydrogen) atoms. The van der Waals surface area contributed by atoms with Crippen molar-refractivity contribution in [2.75, 3.05) is 6.54 Å². The highest BCUT2D eigenvalue weighted by atomic mass is 16.3. The van der Waals surface area contributed by atoms with Crippen LogP contribution in [0.4, 0.5) is 0 Å². The Morgan fingerprint density at radius 2 is 1.94 bits per heavy atom. The van der Waals surface area contributed by atoms with Crippen LogP contribution in [0, 0.1) is 0 Å². The van der Waals surface area contributed by atoms with Crippen LogP contribution in [0.15, 0.2) is 34.9 Å². The maximum atomic E-state index is 5.74. The fourth-order valence-corrected chi connectivity index (χ4v) is 1.81. The van der Waals surface area contributed by atoms with E-state index in [9.17, 15) is 0 Å². The fraction of sp³-hybridized carbons (Fsp3) is 0.400. The average molecular weight is 244 g/mol. The van der Waals surface area contributed by atoms with Gasteiger partial charge in [-0.3, -0.25) is 4.98 Å². The first kappa shape index (κ1) is 12.8. The fourth-order valence-electron chi connectivity index (χ4n) is 1.81.